The minimum absolute atomic E-state index is 0.101. The number of aliphatic hydroxyl groups excluding tert-OH is 1. The molecule has 0 saturated carbocycles. The van der Waals surface area contributed by atoms with E-state index in [1.54, 1.807) is 25.1 Å². The van der Waals surface area contributed by atoms with E-state index in [1.807, 2.05) is 32.9 Å². The Morgan fingerprint density at radius 2 is 1.67 bits per heavy atom. The molecule has 0 aromatic heterocycles. The van der Waals surface area contributed by atoms with Crippen LogP contribution in [0.1, 0.15) is 64.7 Å². The van der Waals surface area contributed by atoms with Crippen molar-refractivity contribution >= 4 is 23.1 Å². The van der Waals surface area contributed by atoms with Crippen molar-refractivity contribution in [2.24, 2.45) is 5.73 Å². The van der Waals surface area contributed by atoms with Crippen molar-refractivity contribution in [3.8, 4) is 0 Å². The predicted molar refractivity (Wildman–Crippen MR) is 127 cm³/mol. The summed E-state index contributed by atoms with van der Waals surface area (Å²) in [5.41, 5.74) is 8.75. The van der Waals surface area contributed by atoms with E-state index < -0.39 is 11.0 Å². The highest BCUT2D eigenvalue weighted by molar-refractivity contribution is 8.03. The summed E-state index contributed by atoms with van der Waals surface area (Å²) >= 11 is 1.35. The van der Waals surface area contributed by atoms with E-state index in [4.69, 9.17) is 5.73 Å². The zero-order chi connectivity index (χ0) is 22.8. The lowest BCUT2D eigenvalue weighted by Crippen LogP contribution is -2.15. The van der Waals surface area contributed by atoms with E-state index >= 15 is 0 Å². The molecule has 7 heteroatoms. The Balaban J connectivity index is 0.00000218. The number of nitrogens with one attached hydrogen (secondary N) is 1. The lowest BCUT2D eigenvalue weighted by molar-refractivity contribution is -0.386. The van der Waals surface area contributed by atoms with E-state index in [-0.39, 0.29) is 16.6 Å². The molecule has 4 N–H and O–H groups in total. The largest absolute Gasteiger partial charge is 0.402 e. The average Bonchev–Trinajstić information content (AvgIpc) is 2.73. The molecule has 2 rings (SSSR count). The number of hydrogen-bond donors (Lipinski definition) is 3. The quantitative estimate of drug-likeness (QED) is 0.263. The topological polar surface area (TPSA) is 101 Å². The van der Waals surface area contributed by atoms with Crippen LogP contribution in [-0.2, 0) is 0 Å². The van der Waals surface area contributed by atoms with Gasteiger partial charge in [0.1, 0.15) is 6.10 Å². The highest BCUT2D eigenvalue weighted by atomic mass is 32.2. The smallest absolute Gasteiger partial charge is 0.275 e. The van der Waals surface area contributed by atoms with Gasteiger partial charge in [-0.05, 0) is 43.5 Å². The lowest BCUT2D eigenvalue weighted by atomic mass is 10.0. The molecular formula is C23H33N3O3S. The van der Waals surface area contributed by atoms with Crippen LogP contribution in [0.3, 0.4) is 0 Å². The number of benzene rings is 2. The van der Waals surface area contributed by atoms with Gasteiger partial charge in [0.15, 0.2) is 0 Å². The van der Waals surface area contributed by atoms with Crippen LogP contribution >= 0.6 is 11.8 Å². The Morgan fingerprint density at radius 3 is 2.17 bits per heavy atom. The Labute approximate surface area is 183 Å². The first kappa shape index (κ1) is 25.5. The van der Waals surface area contributed by atoms with Crippen molar-refractivity contribution in [1.82, 2.24) is 0 Å². The van der Waals surface area contributed by atoms with Gasteiger partial charge < -0.3 is 16.2 Å². The van der Waals surface area contributed by atoms with Crippen LogP contribution in [0.15, 0.2) is 59.1 Å². The summed E-state index contributed by atoms with van der Waals surface area (Å²) in [6.07, 6.45) is -1.16. The van der Waals surface area contributed by atoms with Crippen molar-refractivity contribution in [2.45, 2.75) is 58.9 Å². The van der Waals surface area contributed by atoms with Gasteiger partial charge in [-0.15, -0.1) is 11.8 Å². The van der Waals surface area contributed by atoms with Crippen LogP contribution < -0.4 is 11.1 Å². The first-order chi connectivity index (χ1) is 14.2. The molecule has 2 unspecified atom stereocenters. The van der Waals surface area contributed by atoms with Crippen LogP contribution in [0, 0.1) is 10.1 Å². The molecule has 6 nitrogen and oxygen atoms in total. The molecule has 0 aliphatic heterocycles. The van der Waals surface area contributed by atoms with Gasteiger partial charge in [0.2, 0.25) is 0 Å². The summed E-state index contributed by atoms with van der Waals surface area (Å²) in [6.45, 7) is 11.9. The number of rotatable bonds is 8. The number of anilines is 1. The Morgan fingerprint density at radius 1 is 1.10 bits per heavy atom. The summed E-state index contributed by atoms with van der Waals surface area (Å²) in [5, 5.41) is 25.4. The van der Waals surface area contributed by atoms with Crippen LogP contribution in [0.5, 0.6) is 0 Å². The Kier molecular flexibility index (Phi) is 10.4. The molecule has 0 bridgehead atoms. The second-order valence-electron chi connectivity index (χ2n) is 6.95. The third-order valence-corrected chi connectivity index (χ3v) is 5.59. The molecule has 0 fully saturated rings. The van der Waals surface area contributed by atoms with Crippen LogP contribution in [0.25, 0.3) is 0 Å². The zero-order valence-corrected chi connectivity index (χ0v) is 19.4. The summed E-state index contributed by atoms with van der Waals surface area (Å²) in [5.74, 6) is 0.465. The van der Waals surface area contributed by atoms with Crippen molar-refractivity contribution in [3.05, 3.63) is 80.4 Å². The molecule has 0 aliphatic rings. The number of nitro groups is 1. The molecule has 30 heavy (non-hydrogen) atoms. The number of thioether (sulfide) groups is 1. The van der Waals surface area contributed by atoms with Crippen molar-refractivity contribution < 1.29 is 10.0 Å². The second-order valence-corrected chi connectivity index (χ2v) is 8.33. The van der Waals surface area contributed by atoms with Gasteiger partial charge in [-0.25, -0.2) is 0 Å². The molecule has 0 aliphatic carbocycles. The lowest BCUT2D eigenvalue weighted by Gasteiger charge is -2.22. The van der Waals surface area contributed by atoms with Gasteiger partial charge in [0, 0.05) is 22.4 Å². The van der Waals surface area contributed by atoms with Crippen molar-refractivity contribution in [3.63, 3.8) is 0 Å². The summed E-state index contributed by atoms with van der Waals surface area (Å²) in [7, 11) is 0. The van der Waals surface area contributed by atoms with E-state index in [9.17, 15) is 15.2 Å². The van der Waals surface area contributed by atoms with Gasteiger partial charge in [-0.3, -0.25) is 10.1 Å². The molecule has 0 radical (unpaired) electrons. The SMILES string of the molecule is C/C(N)=C(\SC(C)Nc1ccc(C(C)C)cc1)C(O)c1ccccc1[N+](=O)[O-].CC. The van der Waals surface area contributed by atoms with Gasteiger partial charge in [0.25, 0.3) is 5.69 Å². The minimum Gasteiger partial charge on any atom is -0.402 e. The number of nitro benzene ring substituents is 1. The van der Waals surface area contributed by atoms with E-state index in [0.29, 0.717) is 16.5 Å². The summed E-state index contributed by atoms with van der Waals surface area (Å²) < 4.78 is 0. The molecule has 2 atom stereocenters. The zero-order valence-electron chi connectivity index (χ0n) is 18.5. The Bertz CT molecular complexity index is 847. The summed E-state index contributed by atoms with van der Waals surface area (Å²) in [6, 6.07) is 14.4. The van der Waals surface area contributed by atoms with Gasteiger partial charge in [-0.1, -0.05) is 52.0 Å². The van der Waals surface area contributed by atoms with Crippen molar-refractivity contribution in [1.29, 1.82) is 0 Å². The number of para-hydroxylation sites is 1. The number of nitrogens with two attached hydrogens (primary N) is 1. The van der Waals surface area contributed by atoms with E-state index in [0.717, 1.165) is 5.69 Å². The maximum atomic E-state index is 11.3. The molecule has 0 heterocycles. The predicted octanol–water partition coefficient (Wildman–Crippen LogP) is 6.16. The minimum atomic E-state index is -1.16. The van der Waals surface area contributed by atoms with Gasteiger partial charge in [0.05, 0.1) is 15.9 Å². The number of aliphatic hydroxyl groups is 1. The third kappa shape index (κ3) is 7.07. The molecule has 2 aromatic rings. The normalized spacial score (nSPS) is 13.6. The number of nitrogens with zero attached hydrogens (tertiary/aromatic N) is 1. The number of allylic oxidation sites excluding steroid dienone is 1. The van der Waals surface area contributed by atoms with Gasteiger partial charge in [-0.2, -0.15) is 0 Å². The maximum absolute atomic E-state index is 11.3. The molecule has 164 valence electrons. The summed E-state index contributed by atoms with van der Waals surface area (Å²) in [4.78, 5) is 11.3. The molecule has 0 spiro atoms. The monoisotopic (exact) mass is 431 g/mol. The van der Waals surface area contributed by atoms with Crippen LogP contribution in [0.2, 0.25) is 0 Å². The fraction of sp³-hybridized carbons (Fsp3) is 0.391. The first-order valence-electron chi connectivity index (χ1n) is 10.1. The van der Waals surface area contributed by atoms with E-state index in [1.165, 1.54) is 23.4 Å². The highest BCUT2D eigenvalue weighted by Gasteiger charge is 2.25. The molecule has 0 saturated heterocycles. The Hall–Kier alpha value is -2.51. The standard InChI is InChI=1S/C21H27N3O3S.C2H6/c1-13(2)16-9-11-17(12-10-16)23-15(4)28-21(14(3)22)20(25)18-7-5-6-8-19(18)24(26)27;1-2/h5-13,15,20,23,25H,22H2,1-4H3;1-2H3/b21-14+;. The first-order valence-corrected chi connectivity index (χ1v) is 11.0. The molecule has 2 aromatic carbocycles. The molecular weight excluding hydrogens is 398 g/mol. The maximum Gasteiger partial charge on any atom is 0.275 e. The van der Waals surface area contributed by atoms with Crippen LogP contribution in [0.4, 0.5) is 11.4 Å². The second kappa shape index (κ2) is 12.2. The van der Waals surface area contributed by atoms with Gasteiger partial charge >= 0.3 is 0 Å². The fourth-order valence-electron chi connectivity index (χ4n) is 2.82. The highest BCUT2D eigenvalue weighted by Crippen LogP contribution is 2.38. The van der Waals surface area contributed by atoms with Crippen LogP contribution in [-0.4, -0.2) is 15.4 Å². The fourth-order valence-corrected chi connectivity index (χ4v) is 3.84. The van der Waals surface area contributed by atoms with E-state index in [2.05, 4.69) is 31.3 Å². The number of hydrogen-bond acceptors (Lipinski definition) is 6. The third-order valence-electron chi connectivity index (χ3n) is 4.32. The molecule has 0 amide bonds. The average molecular weight is 432 g/mol. The van der Waals surface area contributed by atoms with Crippen molar-refractivity contribution in [2.75, 3.05) is 5.32 Å².